The van der Waals surface area contributed by atoms with Crippen molar-refractivity contribution < 1.29 is 14.3 Å². The lowest BCUT2D eigenvalue weighted by Crippen LogP contribution is -2.49. The van der Waals surface area contributed by atoms with Crippen LogP contribution in [-0.2, 0) is 11.2 Å². The summed E-state index contributed by atoms with van der Waals surface area (Å²) in [6.45, 7) is 7.67. The lowest BCUT2D eigenvalue weighted by atomic mass is 10.00. The van der Waals surface area contributed by atoms with Crippen LogP contribution in [0.3, 0.4) is 0 Å². The number of aryl methyl sites for hydroxylation is 1. The van der Waals surface area contributed by atoms with Gasteiger partial charge in [-0.2, -0.15) is 0 Å². The summed E-state index contributed by atoms with van der Waals surface area (Å²) in [6.07, 6.45) is 1.60. The summed E-state index contributed by atoms with van der Waals surface area (Å²) in [5.74, 6) is 1.13. The zero-order valence-corrected chi connectivity index (χ0v) is 23.1. The van der Waals surface area contributed by atoms with Gasteiger partial charge < -0.3 is 19.9 Å². The maximum absolute atomic E-state index is 13.7. The molecule has 2 heterocycles. The van der Waals surface area contributed by atoms with E-state index in [9.17, 15) is 9.59 Å². The molecule has 0 fully saturated rings. The van der Waals surface area contributed by atoms with Gasteiger partial charge in [-0.05, 0) is 72.5 Å². The van der Waals surface area contributed by atoms with E-state index in [-0.39, 0.29) is 24.5 Å². The minimum absolute atomic E-state index is 0.000541. The topological polar surface area (TPSA) is 61.9 Å². The molecular weight excluding hydrogens is 506 g/mol. The zero-order chi connectivity index (χ0) is 26.4. The number of carbonyl (C=O) groups is 2. The van der Waals surface area contributed by atoms with Gasteiger partial charge in [-0.1, -0.05) is 49.7 Å². The first kappa shape index (κ1) is 27.0. The van der Waals surface area contributed by atoms with Crippen molar-refractivity contribution in [1.82, 2.24) is 9.80 Å². The number of rotatable bonds is 9. The second-order valence-electron chi connectivity index (χ2n) is 9.77. The number of amides is 3. The van der Waals surface area contributed by atoms with E-state index in [0.29, 0.717) is 36.3 Å². The number of para-hydroxylation sites is 1. The molecule has 1 aromatic heterocycles. The van der Waals surface area contributed by atoms with E-state index in [4.69, 9.17) is 16.3 Å². The lowest BCUT2D eigenvalue weighted by molar-refractivity contribution is -0.135. The summed E-state index contributed by atoms with van der Waals surface area (Å²) in [5.41, 5.74) is 2.79. The Morgan fingerprint density at radius 3 is 2.76 bits per heavy atom. The number of hydrogen-bond donors (Lipinski definition) is 1. The number of anilines is 1. The van der Waals surface area contributed by atoms with E-state index in [2.05, 4.69) is 30.6 Å². The van der Waals surface area contributed by atoms with Crippen molar-refractivity contribution in [3.05, 3.63) is 81.0 Å². The molecule has 2 aromatic carbocycles. The first-order chi connectivity index (χ1) is 17.8. The maximum Gasteiger partial charge on any atom is 0.322 e. The van der Waals surface area contributed by atoms with Gasteiger partial charge in [0.05, 0.1) is 6.04 Å². The third kappa shape index (κ3) is 7.05. The highest BCUT2D eigenvalue weighted by molar-refractivity contribution is 7.10. The predicted molar refractivity (Wildman–Crippen MR) is 151 cm³/mol. The van der Waals surface area contributed by atoms with Gasteiger partial charge in [0.1, 0.15) is 18.9 Å². The zero-order valence-electron chi connectivity index (χ0n) is 21.6. The number of hydrogen-bond acceptors (Lipinski definition) is 4. The van der Waals surface area contributed by atoms with Crippen LogP contribution in [0.1, 0.15) is 42.3 Å². The molecule has 0 saturated carbocycles. The largest absolute Gasteiger partial charge is 0.491 e. The number of benzene rings is 2. The number of urea groups is 1. The number of thiophene rings is 1. The molecule has 8 heteroatoms. The molecule has 4 rings (SSSR count). The maximum atomic E-state index is 13.7. The molecule has 6 nitrogen and oxygen atoms in total. The standard InChI is InChI=1S/C29H34ClN3O3S/c1-20(2)11-14-32(29(35)31-23-9-6-8-22(30)17-23)18-28(34)33-15-12-27-24(13-16-37-27)25(33)19-36-26-10-5-4-7-21(26)3/h4-10,13,16-17,20,25H,11-12,14-15,18-19H2,1-3H3,(H,31,35). The van der Waals surface area contributed by atoms with E-state index in [1.165, 1.54) is 4.88 Å². The second-order valence-corrected chi connectivity index (χ2v) is 11.2. The Hall–Kier alpha value is -3.03. The van der Waals surface area contributed by atoms with Crippen LogP contribution >= 0.6 is 22.9 Å². The third-order valence-corrected chi connectivity index (χ3v) is 7.80. The first-order valence-electron chi connectivity index (χ1n) is 12.7. The molecule has 37 heavy (non-hydrogen) atoms. The second kappa shape index (κ2) is 12.5. The van der Waals surface area contributed by atoms with Gasteiger partial charge in [-0.25, -0.2) is 4.79 Å². The van der Waals surface area contributed by atoms with E-state index in [0.717, 1.165) is 29.7 Å². The van der Waals surface area contributed by atoms with Crippen molar-refractivity contribution in [2.45, 2.75) is 39.7 Å². The van der Waals surface area contributed by atoms with Crippen molar-refractivity contribution >= 4 is 40.6 Å². The molecule has 1 aliphatic heterocycles. The number of halogens is 1. The molecule has 0 aliphatic carbocycles. The van der Waals surface area contributed by atoms with Crippen LogP contribution in [-0.4, -0.2) is 48.0 Å². The highest BCUT2D eigenvalue weighted by Crippen LogP contribution is 2.34. The minimum atomic E-state index is -0.308. The van der Waals surface area contributed by atoms with Crippen molar-refractivity contribution in [2.75, 3.05) is 31.6 Å². The van der Waals surface area contributed by atoms with E-state index < -0.39 is 0 Å². The highest BCUT2D eigenvalue weighted by Gasteiger charge is 2.33. The normalized spacial score (nSPS) is 14.8. The van der Waals surface area contributed by atoms with Gasteiger partial charge in [0.25, 0.3) is 0 Å². The van der Waals surface area contributed by atoms with Crippen molar-refractivity contribution in [3.63, 3.8) is 0 Å². The van der Waals surface area contributed by atoms with Gasteiger partial charge >= 0.3 is 6.03 Å². The summed E-state index contributed by atoms with van der Waals surface area (Å²) in [6, 6.07) is 16.5. The van der Waals surface area contributed by atoms with E-state index in [1.54, 1.807) is 40.5 Å². The van der Waals surface area contributed by atoms with Gasteiger partial charge in [0.15, 0.2) is 0 Å². The van der Waals surface area contributed by atoms with Crippen LogP contribution in [0.2, 0.25) is 5.02 Å². The van der Waals surface area contributed by atoms with Crippen LogP contribution in [0.5, 0.6) is 5.75 Å². The molecule has 3 amide bonds. The van der Waals surface area contributed by atoms with Gasteiger partial charge in [-0.15, -0.1) is 11.3 Å². The fraction of sp³-hybridized carbons (Fsp3) is 0.379. The molecule has 0 radical (unpaired) electrons. The minimum Gasteiger partial charge on any atom is -0.491 e. The van der Waals surface area contributed by atoms with Crippen molar-refractivity contribution in [3.8, 4) is 5.75 Å². The molecule has 0 saturated heterocycles. The average Bonchev–Trinajstić information content (AvgIpc) is 3.35. The fourth-order valence-electron chi connectivity index (χ4n) is 4.45. The Labute approximate surface area is 228 Å². The number of fused-ring (bicyclic) bond motifs is 1. The first-order valence-corrected chi connectivity index (χ1v) is 13.9. The Morgan fingerprint density at radius 2 is 2.00 bits per heavy atom. The monoisotopic (exact) mass is 539 g/mol. The number of ether oxygens (including phenoxy) is 1. The molecular formula is C29H34ClN3O3S. The summed E-state index contributed by atoms with van der Waals surface area (Å²) in [5, 5.41) is 5.52. The molecule has 0 bridgehead atoms. The summed E-state index contributed by atoms with van der Waals surface area (Å²) in [4.78, 5) is 31.7. The molecule has 1 atom stereocenters. The lowest BCUT2D eigenvalue weighted by Gasteiger charge is -2.37. The van der Waals surface area contributed by atoms with E-state index in [1.807, 2.05) is 36.1 Å². The van der Waals surface area contributed by atoms with Crippen LogP contribution < -0.4 is 10.1 Å². The third-order valence-electron chi connectivity index (χ3n) is 6.57. The Morgan fingerprint density at radius 1 is 1.19 bits per heavy atom. The number of nitrogens with zero attached hydrogens (tertiary/aromatic N) is 2. The average molecular weight is 540 g/mol. The summed E-state index contributed by atoms with van der Waals surface area (Å²) < 4.78 is 6.21. The Bertz CT molecular complexity index is 1230. The fourth-order valence-corrected chi connectivity index (χ4v) is 5.57. The van der Waals surface area contributed by atoms with Crippen molar-refractivity contribution in [1.29, 1.82) is 0 Å². The summed E-state index contributed by atoms with van der Waals surface area (Å²) in [7, 11) is 0. The Balaban J connectivity index is 1.50. The van der Waals surface area contributed by atoms with Gasteiger partial charge in [-0.3, -0.25) is 4.79 Å². The smallest absolute Gasteiger partial charge is 0.322 e. The molecule has 1 N–H and O–H groups in total. The molecule has 0 spiro atoms. The predicted octanol–water partition coefficient (Wildman–Crippen LogP) is 6.79. The molecule has 196 valence electrons. The molecule has 1 unspecified atom stereocenters. The summed E-state index contributed by atoms with van der Waals surface area (Å²) >= 11 is 7.81. The number of carbonyl (C=O) groups excluding carboxylic acids is 2. The van der Waals surface area contributed by atoms with Gasteiger partial charge in [0.2, 0.25) is 5.91 Å². The SMILES string of the molecule is Cc1ccccc1OCC1c2ccsc2CCN1C(=O)CN(CCC(C)C)C(=O)Nc1cccc(Cl)c1. The quantitative estimate of drug-likeness (QED) is 0.325. The van der Waals surface area contributed by atoms with Crippen molar-refractivity contribution in [2.24, 2.45) is 5.92 Å². The highest BCUT2D eigenvalue weighted by atomic mass is 35.5. The van der Waals surface area contributed by atoms with E-state index >= 15 is 0 Å². The van der Waals surface area contributed by atoms with Gasteiger partial charge in [0, 0.05) is 28.7 Å². The van der Waals surface area contributed by atoms with Crippen LogP contribution in [0.25, 0.3) is 0 Å². The molecule has 3 aromatic rings. The van der Waals surface area contributed by atoms with Crippen LogP contribution in [0.4, 0.5) is 10.5 Å². The Kier molecular flexibility index (Phi) is 9.11. The number of nitrogens with one attached hydrogen (secondary N) is 1. The van der Waals surface area contributed by atoms with Crippen LogP contribution in [0, 0.1) is 12.8 Å². The van der Waals surface area contributed by atoms with Crippen LogP contribution in [0.15, 0.2) is 60.0 Å². The molecule has 1 aliphatic rings.